The average molecular weight is 344 g/mol. The van der Waals surface area contributed by atoms with Gasteiger partial charge in [-0.15, -0.1) is 0 Å². The predicted molar refractivity (Wildman–Crippen MR) is 75.5 cm³/mol. The van der Waals surface area contributed by atoms with Crippen LogP contribution in [-0.2, 0) is 16.0 Å². The van der Waals surface area contributed by atoms with Gasteiger partial charge in [0.05, 0.1) is 5.92 Å². The lowest BCUT2D eigenvalue weighted by Crippen LogP contribution is -2.43. The fraction of sp³-hybridized carbons (Fsp3) is 0.400. The fourth-order valence-corrected chi connectivity index (χ4v) is 2.43. The lowest BCUT2D eigenvalue weighted by molar-refractivity contribution is -0.141. The van der Waals surface area contributed by atoms with Crippen LogP contribution in [0.5, 0.6) is 0 Å². The lowest BCUT2D eigenvalue weighted by atomic mass is 9.99. The molecule has 0 bridgehead atoms. The predicted octanol–water partition coefficient (Wildman–Crippen LogP) is 1.68. The number of hydrogen-bond donors (Lipinski definition) is 2. The van der Waals surface area contributed by atoms with Gasteiger partial charge >= 0.3 is 12.0 Å². The third-order valence-corrected chi connectivity index (χ3v) is 3.69. The van der Waals surface area contributed by atoms with Crippen LogP contribution in [-0.4, -0.2) is 41.0 Å². The van der Waals surface area contributed by atoms with Crippen LogP contribution >= 0.6 is 0 Å². The summed E-state index contributed by atoms with van der Waals surface area (Å²) in [7, 11) is 0. The van der Waals surface area contributed by atoms with Crippen LogP contribution in [0.2, 0.25) is 0 Å². The zero-order valence-electron chi connectivity index (χ0n) is 12.5. The molecule has 1 fully saturated rings. The number of carbonyl (C=O) groups excluding carboxylic acids is 2. The molecule has 1 atom stereocenters. The van der Waals surface area contributed by atoms with Crippen LogP contribution in [0.15, 0.2) is 12.1 Å². The fourth-order valence-electron chi connectivity index (χ4n) is 2.43. The molecule has 0 saturated carbocycles. The van der Waals surface area contributed by atoms with Crippen LogP contribution in [0.25, 0.3) is 0 Å². The van der Waals surface area contributed by atoms with Gasteiger partial charge in [-0.05, 0) is 30.5 Å². The minimum absolute atomic E-state index is 0.0507. The number of carbonyl (C=O) groups is 3. The first kappa shape index (κ1) is 17.8. The molecule has 1 aromatic rings. The van der Waals surface area contributed by atoms with E-state index in [4.69, 9.17) is 5.11 Å². The molecule has 130 valence electrons. The van der Waals surface area contributed by atoms with Crippen molar-refractivity contribution in [1.29, 1.82) is 0 Å². The molecule has 0 spiro atoms. The molecular formula is C15H15F3N2O4. The molecule has 1 aliphatic heterocycles. The first-order valence-corrected chi connectivity index (χ1v) is 7.24. The van der Waals surface area contributed by atoms with Gasteiger partial charge in [-0.2, -0.15) is 0 Å². The summed E-state index contributed by atoms with van der Waals surface area (Å²) in [4.78, 5) is 35.5. The molecule has 0 aromatic heterocycles. The van der Waals surface area contributed by atoms with Crippen molar-refractivity contribution in [1.82, 2.24) is 10.2 Å². The van der Waals surface area contributed by atoms with Gasteiger partial charge in [0.15, 0.2) is 17.5 Å². The van der Waals surface area contributed by atoms with E-state index in [9.17, 15) is 27.6 Å². The Balaban J connectivity index is 2.01. The summed E-state index contributed by atoms with van der Waals surface area (Å²) in [5.41, 5.74) is -0.0507. The van der Waals surface area contributed by atoms with E-state index in [2.05, 4.69) is 5.32 Å². The molecule has 24 heavy (non-hydrogen) atoms. The number of carboxylic acid groups (broad SMARTS) is 1. The molecule has 3 amide bonds. The second-order valence-electron chi connectivity index (χ2n) is 5.45. The van der Waals surface area contributed by atoms with Gasteiger partial charge in [0.2, 0.25) is 5.91 Å². The molecule has 1 aliphatic rings. The Kier molecular flexibility index (Phi) is 5.42. The van der Waals surface area contributed by atoms with Crippen LogP contribution in [0.3, 0.4) is 0 Å². The van der Waals surface area contributed by atoms with E-state index in [0.29, 0.717) is 18.6 Å². The molecule has 9 heteroatoms. The maximum Gasteiger partial charge on any atom is 0.324 e. The number of aliphatic carboxylic acids is 1. The Morgan fingerprint density at radius 3 is 2.38 bits per heavy atom. The van der Waals surface area contributed by atoms with E-state index in [1.54, 1.807) is 0 Å². The number of amides is 3. The van der Waals surface area contributed by atoms with Gasteiger partial charge in [-0.3, -0.25) is 14.5 Å². The minimum atomic E-state index is -1.63. The zero-order valence-corrected chi connectivity index (χ0v) is 12.5. The third-order valence-electron chi connectivity index (χ3n) is 3.69. The number of benzene rings is 1. The Hall–Kier alpha value is -2.58. The Bertz CT molecular complexity index is 658. The van der Waals surface area contributed by atoms with E-state index in [1.165, 1.54) is 0 Å². The van der Waals surface area contributed by atoms with E-state index in [0.717, 1.165) is 4.90 Å². The molecule has 1 aromatic carbocycles. The number of nitrogens with zero attached hydrogens (tertiary/aromatic N) is 1. The monoisotopic (exact) mass is 344 g/mol. The SMILES string of the molecule is O=C(O)C(CNC(=O)N1CCCC1=O)Cc1cc(F)c(F)c(F)c1. The second kappa shape index (κ2) is 7.33. The highest BCUT2D eigenvalue weighted by Gasteiger charge is 2.28. The highest BCUT2D eigenvalue weighted by Crippen LogP contribution is 2.17. The van der Waals surface area contributed by atoms with Gasteiger partial charge in [0.1, 0.15) is 0 Å². The molecule has 1 heterocycles. The maximum absolute atomic E-state index is 13.2. The highest BCUT2D eigenvalue weighted by atomic mass is 19.2. The van der Waals surface area contributed by atoms with Crippen molar-refractivity contribution in [2.45, 2.75) is 19.3 Å². The summed E-state index contributed by atoms with van der Waals surface area (Å²) < 4.78 is 39.3. The molecule has 0 aliphatic carbocycles. The Morgan fingerprint density at radius 2 is 1.88 bits per heavy atom. The number of rotatable bonds is 5. The van der Waals surface area contributed by atoms with Crippen molar-refractivity contribution in [3.8, 4) is 0 Å². The largest absolute Gasteiger partial charge is 0.481 e. The normalized spacial score (nSPS) is 15.5. The van der Waals surface area contributed by atoms with Crippen molar-refractivity contribution in [2.75, 3.05) is 13.1 Å². The van der Waals surface area contributed by atoms with Crippen molar-refractivity contribution in [2.24, 2.45) is 5.92 Å². The molecule has 6 nitrogen and oxygen atoms in total. The van der Waals surface area contributed by atoms with Gasteiger partial charge in [-0.25, -0.2) is 18.0 Å². The molecule has 2 N–H and O–H groups in total. The number of imide groups is 1. The van der Waals surface area contributed by atoms with E-state index < -0.39 is 35.4 Å². The smallest absolute Gasteiger partial charge is 0.324 e. The summed E-state index contributed by atoms with van der Waals surface area (Å²) in [6.07, 6.45) is 0.490. The molecule has 1 unspecified atom stereocenters. The maximum atomic E-state index is 13.2. The van der Waals surface area contributed by atoms with Gasteiger partial charge < -0.3 is 10.4 Å². The average Bonchev–Trinajstić information content (AvgIpc) is 2.94. The van der Waals surface area contributed by atoms with Crippen LogP contribution in [0.1, 0.15) is 18.4 Å². The number of hydrogen-bond acceptors (Lipinski definition) is 3. The lowest BCUT2D eigenvalue weighted by Gasteiger charge is -2.18. The topological polar surface area (TPSA) is 86.7 Å². The quantitative estimate of drug-likeness (QED) is 0.796. The van der Waals surface area contributed by atoms with E-state index in [1.807, 2.05) is 0 Å². The van der Waals surface area contributed by atoms with Crippen molar-refractivity contribution in [3.05, 3.63) is 35.1 Å². The number of urea groups is 1. The molecule has 0 radical (unpaired) electrons. The van der Waals surface area contributed by atoms with Crippen LogP contribution in [0.4, 0.5) is 18.0 Å². The Morgan fingerprint density at radius 1 is 1.25 bits per heavy atom. The molecule has 1 saturated heterocycles. The summed E-state index contributed by atoms with van der Waals surface area (Å²) in [6.45, 7) is -0.0741. The van der Waals surface area contributed by atoms with Gasteiger partial charge in [0.25, 0.3) is 0 Å². The number of nitrogens with one attached hydrogen (secondary N) is 1. The number of carboxylic acids is 1. The summed E-state index contributed by atoms with van der Waals surface area (Å²) in [6, 6.07) is 0.709. The van der Waals surface area contributed by atoms with Crippen molar-refractivity contribution < 1.29 is 32.7 Å². The minimum Gasteiger partial charge on any atom is -0.481 e. The van der Waals surface area contributed by atoms with E-state index >= 15 is 0 Å². The Labute approximate surface area is 135 Å². The third kappa shape index (κ3) is 4.03. The highest BCUT2D eigenvalue weighted by molar-refractivity contribution is 5.95. The van der Waals surface area contributed by atoms with Gasteiger partial charge in [-0.1, -0.05) is 0 Å². The van der Waals surface area contributed by atoms with Crippen LogP contribution in [0, 0.1) is 23.4 Å². The standard InChI is InChI=1S/C15H15F3N2O4/c16-10-5-8(6-11(17)13(10)18)4-9(14(22)23)7-19-15(24)20-3-1-2-12(20)21/h5-6,9H,1-4,7H2,(H,19,24)(H,22,23). The summed E-state index contributed by atoms with van der Waals surface area (Å²) in [5, 5.41) is 11.5. The zero-order chi connectivity index (χ0) is 17.9. The molecular weight excluding hydrogens is 329 g/mol. The first-order valence-electron chi connectivity index (χ1n) is 7.24. The summed E-state index contributed by atoms with van der Waals surface area (Å²) >= 11 is 0. The van der Waals surface area contributed by atoms with Gasteiger partial charge in [0, 0.05) is 19.5 Å². The first-order chi connectivity index (χ1) is 11.3. The van der Waals surface area contributed by atoms with Crippen molar-refractivity contribution >= 4 is 17.9 Å². The van der Waals surface area contributed by atoms with Crippen LogP contribution < -0.4 is 5.32 Å². The second-order valence-corrected chi connectivity index (χ2v) is 5.45. The number of likely N-dealkylation sites (tertiary alicyclic amines) is 1. The number of halogens is 3. The van der Waals surface area contributed by atoms with E-state index in [-0.39, 0.29) is 37.4 Å². The molecule has 2 rings (SSSR count). The summed E-state index contributed by atoms with van der Waals surface area (Å²) in [5.74, 6) is -7.29. The van der Waals surface area contributed by atoms with Crippen molar-refractivity contribution in [3.63, 3.8) is 0 Å².